The van der Waals surface area contributed by atoms with Gasteiger partial charge in [0.1, 0.15) is 0 Å². The molecule has 3 nitrogen and oxygen atoms in total. The number of carbonyl (C=O) groups excluding carboxylic acids is 1. The van der Waals surface area contributed by atoms with Crippen molar-refractivity contribution in [3.05, 3.63) is 0 Å². The van der Waals surface area contributed by atoms with Gasteiger partial charge in [0.2, 0.25) is 6.41 Å². The quantitative estimate of drug-likeness (QED) is 0.505. The molecule has 0 saturated carbocycles. The minimum Gasteiger partial charge on any atom is -0.351 e. The Balaban J connectivity index is 0. The molecule has 0 heterocycles. The summed E-state index contributed by atoms with van der Waals surface area (Å²) in [4.78, 5) is 10.9. The van der Waals surface area contributed by atoms with Gasteiger partial charge in [-0.1, -0.05) is 26.7 Å². The first-order valence-corrected chi connectivity index (χ1v) is 5.51. The van der Waals surface area contributed by atoms with Gasteiger partial charge >= 0.3 is 0 Å². The van der Waals surface area contributed by atoms with Crippen LogP contribution in [0.2, 0.25) is 0 Å². The smallest absolute Gasteiger partial charge is 0.209 e. The molecule has 0 atom stereocenters. The Morgan fingerprint density at radius 1 is 1.07 bits per heavy atom. The lowest BCUT2D eigenvalue weighted by atomic mass is 10.3. The SMILES string of the molecule is CCCCNCCCC.CN(C)C=O. The third-order valence-corrected chi connectivity index (χ3v) is 1.63. The fraction of sp³-hybridized carbons (Fsp3) is 0.909. The summed E-state index contributed by atoms with van der Waals surface area (Å²) in [6, 6.07) is 0. The molecule has 0 aromatic rings. The van der Waals surface area contributed by atoms with Crippen LogP contribution in [0, 0.1) is 0 Å². The van der Waals surface area contributed by atoms with Crippen LogP contribution in [0.25, 0.3) is 0 Å². The Kier molecular flexibility index (Phi) is 16.9. The molecule has 0 aliphatic rings. The number of nitrogens with zero attached hydrogens (tertiary/aromatic N) is 1. The first-order chi connectivity index (χ1) is 6.68. The van der Waals surface area contributed by atoms with Crippen LogP contribution in [-0.2, 0) is 4.79 Å². The van der Waals surface area contributed by atoms with E-state index in [1.807, 2.05) is 0 Å². The summed E-state index contributed by atoms with van der Waals surface area (Å²) >= 11 is 0. The van der Waals surface area contributed by atoms with Gasteiger partial charge in [-0.2, -0.15) is 0 Å². The summed E-state index contributed by atoms with van der Waals surface area (Å²) in [5.74, 6) is 0. The lowest BCUT2D eigenvalue weighted by Crippen LogP contribution is -2.15. The highest BCUT2D eigenvalue weighted by Crippen LogP contribution is 1.85. The zero-order valence-electron chi connectivity index (χ0n) is 10.2. The summed E-state index contributed by atoms with van der Waals surface area (Å²) in [7, 11) is 3.38. The van der Waals surface area contributed by atoms with Crippen LogP contribution in [0.3, 0.4) is 0 Å². The maximum Gasteiger partial charge on any atom is 0.209 e. The van der Waals surface area contributed by atoms with Crippen molar-refractivity contribution >= 4 is 6.41 Å². The summed E-state index contributed by atoms with van der Waals surface area (Å²) in [6.07, 6.45) is 6.01. The summed E-state index contributed by atoms with van der Waals surface area (Å²) in [6.45, 7) is 6.86. The molecule has 0 unspecified atom stereocenters. The van der Waals surface area contributed by atoms with Crippen LogP contribution < -0.4 is 5.32 Å². The van der Waals surface area contributed by atoms with Crippen molar-refractivity contribution in [2.24, 2.45) is 0 Å². The van der Waals surface area contributed by atoms with Gasteiger partial charge in [0.15, 0.2) is 0 Å². The van der Waals surface area contributed by atoms with E-state index >= 15 is 0 Å². The van der Waals surface area contributed by atoms with E-state index in [2.05, 4.69) is 19.2 Å². The van der Waals surface area contributed by atoms with Crippen LogP contribution in [0.4, 0.5) is 0 Å². The molecule has 0 saturated heterocycles. The van der Waals surface area contributed by atoms with Crippen molar-refractivity contribution in [2.45, 2.75) is 39.5 Å². The number of rotatable bonds is 7. The minimum absolute atomic E-state index is 0.750. The molecule has 0 aromatic carbocycles. The number of unbranched alkanes of at least 4 members (excludes halogenated alkanes) is 2. The molecule has 3 heteroatoms. The minimum atomic E-state index is 0.750. The average molecular weight is 202 g/mol. The Morgan fingerprint density at radius 3 is 1.64 bits per heavy atom. The normalized spacial score (nSPS) is 8.86. The first kappa shape index (κ1) is 15.9. The van der Waals surface area contributed by atoms with E-state index in [1.165, 1.54) is 43.7 Å². The highest BCUT2D eigenvalue weighted by molar-refractivity contribution is 5.45. The van der Waals surface area contributed by atoms with Crippen LogP contribution in [-0.4, -0.2) is 38.5 Å². The van der Waals surface area contributed by atoms with Gasteiger partial charge in [0, 0.05) is 14.1 Å². The number of carbonyl (C=O) groups is 1. The largest absolute Gasteiger partial charge is 0.351 e. The van der Waals surface area contributed by atoms with Crippen LogP contribution in [0.15, 0.2) is 0 Å². The zero-order chi connectivity index (χ0) is 11.2. The van der Waals surface area contributed by atoms with E-state index in [1.54, 1.807) is 14.1 Å². The zero-order valence-corrected chi connectivity index (χ0v) is 10.2. The maximum absolute atomic E-state index is 9.43. The molecular formula is C11H26N2O. The lowest BCUT2D eigenvalue weighted by molar-refractivity contribution is -0.115. The number of hydrogen-bond donors (Lipinski definition) is 1. The van der Waals surface area contributed by atoms with Gasteiger partial charge in [-0.05, 0) is 25.9 Å². The van der Waals surface area contributed by atoms with Gasteiger partial charge in [-0.25, -0.2) is 0 Å². The highest BCUT2D eigenvalue weighted by Gasteiger charge is 1.83. The van der Waals surface area contributed by atoms with Gasteiger partial charge in [0.25, 0.3) is 0 Å². The second kappa shape index (κ2) is 14.9. The molecule has 0 aromatic heterocycles. The van der Waals surface area contributed by atoms with E-state index < -0.39 is 0 Å². The topological polar surface area (TPSA) is 32.3 Å². The first-order valence-electron chi connectivity index (χ1n) is 5.51. The molecule has 0 aliphatic carbocycles. The molecule has 0 spiro atoms. The molecule has 1 N–H and O–H groups in total. The lowest BCUT2D eigenvalue weighted by Gasteiger charge is -1.99. The summed E-state index contributed by atoms with van der Waals surface area (Å²) < 4.78 is 0. The molecule has 86 valence electrons. The molecule has 0 bridgehead atoms. The van der Waals surface area contributed by atoms with E-state index in [4.69, 9.17) is 0 Å². The second-order valence-electron chi connectivity index (χ2n) is 3.53. The van der Waals surface area contributed by atoms with E-state index in [9.17, 15) is 4.79 Å². The molecule has 1 amide bonds. The predicted molar refractivity (Wildman–Crippen MR) is 62.4 cm³/mol. The fourth-order valence-electron chi connectivity index (χ4n) is 0.729. The Morgan fingerprint density at radius 2 is 1.43 bits per heavy atom. The van der Waals surface area contributed by atoms with Crippen molar-refractivity contribution in [3.63, 3.8) is 0 Å². The average Bonchev–Trinajstić information content (AvgIpc) is 2.19. The van der Waals surface area contributed by atoms with Gasteiger partial charge in [-0.3, -0.25) is 4.79 Å². The van der Waals surface area contributed by atoms with Crippen molar-refractivity contribution in [3.8, 4) is 0 Å². The Labute approximate surface area is 88.9 Å². The predicted octanol–water partition coefficient (Wildman–Crippen LogP) is 1.88. The van der Waals surface area contributed by atoms with Crippen molar-refractivity contribution in [1.82, 2.24) is 10.2 Å². The van der Waals surface area contributed by atoms with Crippen LogP contribution in [0.1, 0.15) is 39.5 Å². The summed E-state index contributed by atoms with van der Waals surface area (Å²) in [5, 5.41) is 3.39. The third kappa shape index (κ3) is 22.5. The van der Waals surface area contributed by atoms with Crippen molar-refractivity contribution in [2.75, 3.05) is 27.2 Å². The molecule has 0 rings (SSSR count). The molecular weight excluding hydrogens is 176 g/mol. The van der Waals surface area contributed by atoms with Crippen LogP contribution >= 0.6 is 0 Å². The van der Waals surface area contributed by atoms with Gasteiger partial charge in [-0.15, -0.1) is 0 Å². The standard InChI is InChI=1S/C8H19N.C3H7NO/c1-3-5-7-9-8-6-4-2;1-4(2)3-5/h9H,3-8H2,1-2H3;3H,1-2H3. The van der Waals surface area contributed by atoms with Gasteiger partial charge < -0.3 is 10.2 Å². The molecule has 0 aliphatic heterocycles. The molecule has 14 heavy (non-hydrogen) atoms. The van der Waals surface area contributed by atoms with Crippen molar-refractivity contribution < 1.29 is 4.79 Å². The van der Waals surface area contributed by atoms with E-state index in [0.717, 1.165) is 6.41 Å². The molecule has 0 fully saturated rings. The number of nitrogens with one attached hydrogen (secondary N) is 1. The fourth-order valence-corrected chi connectivity index (χ4v) is 0.729. The third-order valence-electron chi connectivity index (χ3n) is 1.63. The number of amides is 1. The van der Waals surface area contributed by atoms with Gasteiger partial charge in [0.05, 0.1) is 0 Å². The highest BCUT2D eigenvalue weighted by atomic mass is 16.1. The van der Waals surface area contributed by atoms with E-state index in [0.29, 0.717) is 0 Å². The molecule has 0 radical (unpaired) electrons. The monoisotopic (exact) mass is 202 g/mol. The Bertz CT molecular complexity index is 99.5. The van der Waals surface area contributed by atoms with E-state index in [-0.39, 0.29) is 0 Å². The van der Waals surface area contributed by atoms with Crippen LogP contribution in [0.5, 0.6) is 0 Å². The van der Waals surface area contributed by atoms with Crippen molar-refractivity contribution in [1.29, 1.82) is 0 Å². The maximum atomic E-state index is 9.43. The number of hydrogen-bond acceptors (Lipinski definition) is 2. The Hall–Kier alpha value is -0.570. The summed E-state index contributed by atoms with van der Waals surface area (Å²) in [5.41, 5.74) is 0. The second-order valence-corrected chi connectivity index (χ2v) is 3.53.